The van der Waals surface area contributed by atoms with Crippen molar-refractivity contribution in [2.75, 3.05) is 17.9 Å². The fourth-order valence-corrected chi connectivity index (χ4v) is 4.41. The molecule has 0 spiro atoms. The summed E-state index contributed by atoms with van der Waals surface area (Å²) in [6.45, 7) is 1.85. The Morgan fingerprint density at radius 3 is 2.75 bits per heavy atom. The summed E-state index contributed by atoms with van der Waals surface area (Å²) in [4.78, 5) is 13.1. The molecule has 0 aliphatic carbocycles. The monoisotopic (exact) mass is 415 g/mol. The van der Waals surface area contributed by atoms with Crippen LogP contribution in [-0.4, -0.2) is 33.1 Å². The Kier molecular flexibility index (Phi) is 5.15. The molecule has 7 nitrogen and oxygen atoms in total. The fourth-order valence-electron chi connectivity index (χ4n) is 3.02. The van der Waals surface area contributed by atoms with E-state index in [-0.39, 0.29) is 11.9 Å². The van der Waals surface area contributed by atoms with E-state index < -0.39 is 5.25 Å². The number of benzene rings is 2. The summed E-state index contributed by atoms with van der Waals surface area (Å²) >= 11 is 7.69. The van der Waals surface area contributed by atoms with Gasteiger partial charge in [-0.25, -0.2) is 4.68 Å². The van der Waals surface area contributed by atoms with E-state index in [1.165, 1.54) is 11.8 Å². The molecule has 28 heavy (non-hydrogen) atoms. The number of aromatic nitrogens is 3. The van der Waals surface area contributed by atoms with Gasteiger partial charge in [0.1, 0.15) is 16.8 Å². The van der Waals surface area contributed by atoms with Gasteiger partial charge in [0, 0.05) is 5.69 Å². The quantitative estimate of drug-likeness (QED) is 0.677. The molecule has 1 aliphatic heterocycles. The highest BCUT2D eigenvalue weighted by atomic mass is 35.5. The van der Waals surface area contributed by atoms with Crippen LogP contribution in [0.15, 0.2) is 53.7 Å². The lowest BCUT2D eigenvalue weighted by molar-refractivity contribution is -0.116. The lowest BCUT2D eigenvalue weighted by atomic mass is 10.0. The van der Waals surface area contributed by atoms with Gasteiger partial charge in [0.25, 0.3) is 0 Å². The lowest BCUT2D eigenvalue weighted by Gasteiger charge is -2.33. The van der Waals surface area contributed by atoms with Crippen molar-refractivity contribution in [3.8, 4) is 5.75 Å². The standard InChI is InChI=1S/C19H18ClN5O2S/c1-11-22-23-19-25(11)24-16(12-8-9-15(27-2)14(20)10-12)17(28-19)18(26)21-13-6-4-3-5-7-13/h3-10,16-17,24H,1-2H3,(H,21,26)/t16-,17-/m1/s1. The molecule has 1 aliphatic rings. The highest BCUT2D eigenvalue weighted by Crippen LogP contribution is 2.39. The van der Waals surface area contributed by atoms with Crippen LogP contribution in [0, 0.1) is 6.92 Å². The molecule has 2 N–H and O–H groups in total. The van der Waals surface area contributed by atoms with Gasteiger partial charge in [-0.2, -0.15) is 0 Å². The number of ether oxygens (including phenoxy) is 1. The van der Waals surface area contributed by atoms with E-state index in [1.54, 1.807) is 17.9 Å². The van der Waals surface area contributed by atoms with Gasteiger partial charge in [-0.05, 0) is 36.8 Å². The predicted molar refractivity (Wildman–Crippen MR) is 110 cm³/mol. The number of nitrogens with zero attached hydrogens (tertiary/aromatic N) is 3. The summed E-state index contributed by atoms with van der Waals surface area (Å²) in [5, 5.41) is 11.9. The molecule has 0 saturated carbocycles. The van der Waals surface area contributed by atoms with Gasteiger partial charge in [-0.15, -0.1) is 10.2 Å². The summed E-state index contributed by atoms with van der Waals surface area (Å²) in [5.41, 5.74) is 4.96. The smallest absolute Gasteiger partial charge is 0.240 e. The first-order valence-electron chi connectivity index (χ1n) is 8.61. The second-order valence-corrected chi connectivity index (χ2v) is 7.78. The Labute approximate surface area is 171 Å². The van der Waals surface area contributed by atoms with Crippen molar-refractivity contribution in [1.82, 2.24) is 14.9 Å². The van der Waals surface area contributed by atoms with Crippen molar-refractivity contribution in [1.29, 1.82) is 0 Å². The number of aryl methyl sites for hydroxylation is 1. The molecule has 0 bridgehead atoms. The molecule has 1 aromatic heterocycles. The number of nitrogens with one attached hydrogen (secondary N) is 2. The SMILES string of the molecule is COc1ccc([C@H]2Nn3c(C)nnc3S[C@H]2C(=O)Nc2ccccc2)cc1Cl. The largest absolute Gasteiger partial charge is 0.495 e. The molecular formula is C19H18ClN5O2S. The molecule has 4 rings (SSSR count). The molecule has 9 heteroatoms. The molecule has 0 fully saturated rings. The Hall–Kier alpha value is -2.71. The summed E-state index contributed by atoms with van der Waals surface area (Å²) < 4.78 is 7.03. The van der Waals surface area contributed by atoms with Gasteiger partial charge in [0.05, 0.1) is 18.2 Å². The van der Waals surface area contributed by atoms with Gasteiger partial charge in [-0.1, -0.05) is 47.6 Å². The maximum atomic E-state index is 13.1. The van der Waals surface area contributed by atoms with Crippen LogP contribution in [-0.2, 0) is 4.79 Å². The highest BCUT2D eigenvalue weighted by molar-refractivity contribution is 8.00. The normalized spacial score (nSPS) is 18.1. The third kappa shape index (κ3) is 3.53. The zero-order valence-corrected chi connectivity index (χ0v) is 16.8. The Balaban J connectivity index is 1.69. The van der Waals surface area contributed by atoms with Crippen molar-refractivity contribution >= 4 is 35.0 Å². The van der Waals surface area contributed by atoms with Crippen LogP contribution in [0.2, 0.25) is 5.02 Å². The number of anilines is 1. The number of fused-ring (bicyclic) bond motifs is 1. The van der Waals surface area contributed by atoms with Crippen molar-refractivity contribution < 1.29 is 9.53 Å². The number of methoxy groups -OCH3 is 1. The molecule has 144 valence electrons. The summed E-state index contributed by atoms with van der Waals surface area (Å²) in [5.74, 6) is 1.17. The first-order valence-corrected chi connectivity index (χ1v) is 9.87. The zero-order valence-electron chi connectivity index (χ0n) is 15.2. The predicted octanol–water partition coefficient (Wildman–Crippen LogP) is 3.65. The first-order chi connectivity index (χ1) is 13.6. The number of carbonyl (C=O) groups excluding carboxylic acids is 1. The number of amides is 1. The van der Waals surface area contributed by atoms with E-state index in [2.05, 4.69) is 20.9 Å². The van der Waals surface area contributed by atoms with E-state index in [0.29, 0.717) is 21.8 Å². The van der Waals surface area contributed by atoms with Gasteiger partial charge in [0.2, 0.25) is 11.1 Å². The average molecular weight is 416 g/mol. The van der Waals surface area contributed by atoms with Crippen molar-refractivity contribution in [3.05, 3.63) is 64.9 Å². The third-order valence-electron chi connectivity index (χ3n) is 4.43. The molecular weight excluding hydrogens is 398 g/mol. The number of thioether (sulfide) groups is 1. The average Bonchev–Trinajstić information content (AvgIpc) is 3.08. The van der Waals surface area contributed by atoms with E-state index in [0.717, 1.165) is 11.3 Å². The van der Waals surface area contributed by atoms with E-state index in [4.69, 9.17) is 16.3 Å². The van der Waals surface area contributed by atoms with E-state index in [1.807, 2.05) is 49.4 Å². The fraction of sp³-hybridized carbons (Fsp3) is 0.211. The number of halogens is 1. The second-order valence-electron chi connectivity index (χ2n) is 6.26. The Bertz CT molecular complexity index is 1010. The van der Waals surface area contributed by atoms with Crippen LogP contribution in [0.25, 0.3) is 0 Å². The van der Waals surface area contributed by atoms with Crippen LogP contribution < -0.4 is 15.5 Å². The van der Waals surface area contributed by atoms with E-state index >= 15 is 0 Å². The third-order valence-corrected chi connectivity index (χ3v) is 5.94. The van der Waals surface area contributed by atoms with Crippen molar-refractivity contribution in [3.63, 3.8) is 0 Å². The van der Waals surface area contributed by atoms with Gasteiger partial charge in [-0.3, -0.25) is 4.79 Å². The van der Waals surface area contributed by atoms with Crippen LogP contribution in [0.4, 0.5) is 5.69 Å². The summed E-state index contributed by atoms with van der Waals surface area (Å²) in [6.07, 6.45) is 0. The molecule has 2 heterocycles. The van der Waals surface area contributed by atoms with Crippen molar-refractivity contribution in [2.24, 2.45) is 0 Å². The minimum absolute atomic E-state index is 0.132. The van der Waals surface area contributed by atoms with E-state index in [9.17, 15) is 4.79 Å². The number of hydrogen-bond acceptors (Lipinski definition) is 6. The maximum absolute atomic E-state index is 13.1. The number of rotatable bonds is 4. The topological polar surface area (TPSA) is 81.1 Å². The van der Waals surface area contributed by atoms with Crippen LogP contribution in [0.1, 0.15) is 17.4 Å². The minimum Gasteiger partial charge on any atom is -0.495 e. The van der Waals surface area contributed by atoms with Crippen LogP contribution in [0.5, 0.6) is 5.75 Å². The highest BCUT2D eigenvalue weighted by Gasteiger charge is 2.37. The first kappa shape index (κ1) is 18.6. The molecule has 0 radical (unpaired) electrons. The Morgan fingerprint density at radius 1 is 1.25 bits per heavy atom. The van der Waals surface area contributed by atoms with Gasteiger partial charge < -0.3 is 15.5 Å². The molecule has 0 saturated heterocycles. The van der Waals surface area contributed by atoms with Gasteiger partial charge in [0.15, 0.2) is 0 Å². The Morgan fingerprint density at radius 2 is 2.04 bits per heavy atom. The molecule has 2 atom stereocenters. The number of hydrogen-bond donors (Lipinski definition) is 2. The maximum Gasteiger partial charge on any atom is 0.240 e. The lowest BCUT2D eigenvalue weighted by Crippen LogP contribution is -2.41. The zero-order chi connectivity index (χ0) is 19.7. The minimum atomic E-state index is -0.472. The van der Waals surface area contributed by atoms with Gasteiger partial charge >= 0.3 is 0 Å². The summed E-state index contributed by atoms with van der Waals surface area (Å²) in [7, 11) is 1.57. The van der Waals surface area contributed by atoms with Crippen molar-refractivity contribution in [2.45, 2.75) is 23.4 Å². The van der Waals surface area contributed by atoms with Crippen LogP contribution in [0.3, 0.4) is 0 Å². The number of para-hydroxylation sites is 1. The molecule has 2 aromatic carbocycles. The molecule has 3 aromatic rings. The number of carbonyl (C=O) groups is 1. The second kappa shape index (κ2) is 7.73. The van der Waals surface area contributed by atoms with Crippen LogP contribution >= 0.6 is 23.4 Å². The summed E-state index contributed by atoms with van der Waals surface area (Å²) in [6, 6.07) is 14.5. The molecule has 0 unspecified atom stereocenters. The molecule has 1 amide bonds.